The van der Waals surface area contributed by atoms with Crippen molar-refractivity contribution in [1.82, 2.24) is 5.32 Å². The third-order valence-electron chi connectivity index (χ3n) is 2.70. The zero-order valence-corrected chi connectivity index (χ0v) is 14.4. The van der Waals surface area contributed by atoms with Gasteiger partial charge in [0.2, 0.25) is 0 Å². The van der Waals surface area contributed by atoms with Crippen molar-refractivity contribution in [2.75, 3.05) is 6.54 Å². The number of aliphatic imine (C=N–C) groups is 1. The average molecular weight is 381 g/mol. The van der Waals surface area contributed by atoms with Crippen LogP contribution in [-0.2, 0) is 6.54 Å². The van der Waals surface area contributed by atoms with Crippen LogP contribution in [0.5, 0.6) is 0 Å². The van der Waals surface area contributed by atoms with E-state index in [-0.39, 0.29) is 24.0 Å². The molecule has 1 heterocycles. The smallest absolute Gasteiger partial charge is 0.188 e. The van der Waals surface area contributed by atoms with E-state index in [1.165, 1.54) is 36.1 Å². The van der Waals surface area contributed by atoms with Gasteiger partial charge in [-0.3, -0.25) is 0 Å². The summed E-state index contributed by atoms with van der Waals surface area (Å²) < 4.78 is 0. The largest absolute Gasteiger partial charge is 0.370 e. The zero-order chi connectivity index (χ0) is 12.5. The van der Waals surface area contributed by atoms with Gasteiger partial charge in [-0.2, -0.15) is 0 Å². The number of rotatable bonds is 7. The Morgan fingerprint density at radius 3 is 2.78 bits per heavy atom. The Hall–Kier alpha value is -0.300. The van der Waals surface area contributed by atoms with E-state index >= 15 is 0 Å². The van der Waals surface area contributed by atoms with Crippen molar-refractivity contribution < 1.29 is 0 Å². The Morgan fingerprint density at radius 2 is 2.17 bits per heavy atom. The summed E-state index contributed by atoms with van der Waals surface area (Å²) in [5.74, 6) is 0.564. The first-order chi connectivity index (χ1) is 8.24. The maximum atomic E-state index is 5.80. The Bertz CT molecular complexity index is 350. The molecule has 0 atom stereocenters. The average Bonchev–Trinajstić information content (AvgIpc) is 2.72. The Labute approximate surface area is 131 Å². The standard InChI is InChI=1S/C13H23N3S.HI/c1-3-4-5-6-8-15-13(14)16-10-12-11(2)7-9-17-12;/h7,9H,3-6,8,10H2,1-2H3,(H3,14,15,16);1H. The van der Waals surface area contributed by atoms with Gasteiger partial charge in [0.1, 0.15) is 0 Å². The van der Waals surface area contributed by atoms with E-state index in [1.54, 1.807) is 11.3 Å². The fraction of sp³-hybridized carbons (Fsp3) is 0.615. The molecule has 18 heavy (non-hydrogen) atoms. The van der Waals surface area contributed by atoms with Gasteiger partial charge < -0.3 is 11.1 Å². The minimum absolute atomic E-state index is 0. The SMILES string of the molecule is CCCCCCNC(N)=NCc1sccc1C.I. The van der Waals surface area contributed by atoms with Crippen molar-refractivity contribution in [2.24, 2.45) is 10.7 Å². The number of guanidine groups is 1. The van der Waals surface area contributed by atoms with Crippen LogP contribution in [0.2, 0.25) is 0 Å². The fourth-order valence-corrected chi connectivity index (χ4v) is 2.38. The number of nitrogens with zero attached hydrogens (tertiary/aromatic N) is 1. The molecule has 3 N–H and O–H groups in total. The van der Waals surface area contributed by atoms with Gasteiger partial charge in [0.15, 0.2) is 5.96 Å². The predicted molar refractivity (Wildman–Crippen MR) is 91.9 cm³/mol. The molecule has 1 aromatic heterocycles. The minimum Gasteiger partial charge on any atom is -0.370 e. The summed E-state index contributed by atoms with van der Waals surface area (Å²) in [7, 11) is 0. The highest BCUT2D eigenvalue weighted by atomic mass is 127. The van der Waals surface area contributed by atoms with Crippen molar-refractivity contribution >= 4 is 41.3 Å². The second-order valence-electron chi connectivity index (χ2n) is 4.22. The van der Waals surface area contributed by atoms with E-state index < -0.39 is 0 Å². The summed E-state index contributed by atoms with van der Waals surface area (Å²) in [5, 5.41) is 5.25. The van der Waals surface area contributed by atoms with Gasteiger partial charge >= 0.3 is 0 Å². The highest BCUT2D eigenvalue weighted by Crippen LogP contribution is 2.16. The van der Waals surface area contributed by atoms with Crippen molar-refractivity contribution in [1.29, 1.82) is 0 Å². The van der Waals surface area contributed by atoms with Gasteiger partial charge in [-0.05, 0) is 30.4 Å². The second kappa shape index (κ2) is 10.6. The normalized spacial score (nSPS) is 11.1. The van der Waals surface area contributed by atoms with Crippen LogP contribution in [-0.4, -0.2) is 12.5 Å². The van der Waals surface area contributed by atoms with Gasteiger partial charge in [0, 0.05) is 11.4 Å². The van der Waals surface area contributed by atoms with Gasteiger partial charge in [0.05, 0.1) is 6.54 Å². The molecule has 1 aromatic rings. The van der Waals surface area contributed by atoms with Crippen LogP contribution < -0.4 is 11.1 Å². The molecule has 0 aromatic carbocycles. The van der Waals surface area contributed by atoms with Crippen molar-refractivity contribution in [3.63, 3.8) is 0 Å². The summed E-state index contributed by atoms with van der Waals surface area (Å²) in [6.07, 6.45) is 5.00. The molecule has 0 aliphatic heterocycles. The molecule has 0 saturated carbocycles. The molecule has 0 spiro atoms. The highest BCUT2D eigenvalue weighted by molar-refractivity contribution is 14.0. The van der Waals surface area contributed by atoms with E-state index in [1.807, 2.05) is 0 Å². The number of hydrogen-bond donors (Lipinski definition) is 2. The first kappa shape index (κ1) is 17.7. The molecule has 104 valence electrons. The van der Waals surface area contributed by atoms with Crippen LogP contribution in [0.3, 0.4) is 0 Å². The van der Waals surface area contributed by atoms with Gasteiger partial charge in [-0.1, -0.05) is 26.2 Å². The number of halogens is 1. The number of hydrogen-bond acceptors (Lipinski definition) is 2. The summed E-state index contributed by atoms with van der Waals surface area (Å²) in [5.41, 5.74) is 7.10. The van der Waals surface area contributed by atoms with Gasteiger partial charge in [0.25, 0.3) is 0 Å². The zero-order valence-electron chi connectivity index (χ0n) is 11.2. The molecule has 1 rings (SSSR count). The quantitative estimate of drug-likeness (QED) is 0.328. The predicted octanol–water partition coefficient (Wildman–Crippen LogP) is 3.66. The van der Waals surface area contributed by atoms with Gasteiger partial charge in [-0.25, -0.2) is 4.99 Å². The summed E-state index contributed by atoms with van der Waals surface area (Å²) in [4.78, 5) is 5.63. The molecule has 0 aliphatic carbocycles. The molecule has 0 aliphatic rings. The number of aryl methyl sites for hydroxylation is 1. The van der Waals surface area contributed by atoms with Crippen LogP contribution in [0, 0.1) is 6.92 Å². The van der Waals surface area contributed by atoms with E-state index in [2.05, 4.69) is 35.6 Å². The Morgan fingerprint density at radius 1 is 1.39 bits per heavy atom. The lowest BCUT2D eigenvalue weighted by Gasteiger charge is -2.05. The molecule has 0 radical (unpaired) electrons. The molecule has 0 unspecified atom stereocenters. The van der Waals surface area contributed by atoms with Crippen LogP contribution >= 0.6 is 35.3 Å². The van der Waals surface area contributed by atoms with E-state index in [4.69, 9.17) is 5.73 Å². The van der Waals surface area contributed by atoms with Gasteiger partial charge in [-0.15, -0.1) is 35.3 Å². The third kappa shape index (κ3) is 7.20. The molecular formula is C13H24IN3S. The number of unbranched alkanes of at least 4 members (excludes halogenated alkanes) is 3. The lowest BCUT2D eigenvalue weighted by molar-refractivity contribution is 0.652. The molecule has 0 saturated heterocycles. The molecule has 0 fully saturated rings. The van der Waals surface area contributed by atoms with E-state index in [0.29, 0.717) is 12.5 Å². The Balaban J connectivity index is 0.00000289. The minimum atomic E-state index is 0. The Kier molecular flexibility index (Phi) is 10.4. The monoisotopic (exact) mass is 381 g/mol. The molecular weight excluding hydrogens is 357 g/mol. The van der Waals surface area contributed by atoms with Crippen LogP contribution in [0.1, 0.15) is 43.0 Å². The topological polar surface area (TPSA) is 50.4 Å². The number of nitrogens with two attached hydrogens (primary N) is 1. The lowest BCUT2D eigenvalue weighted by atomic mass is 10.2. The van der Waals surface area contributed by atoms with E-state index in [9.17, 15) is 0 Å². The number of nitrogens with one attached hydrogen (secondary N) is 1. The molecule has 5 heteroatoms. The molecule has 3 nitrogen and oxygen atoms in total. The van der Waals surface area contributed by atoms with Crippen molar-refractivity contribution in [3.05, 3.63) is 21.9 Å². The summed E-state index contributed by atoms with van der Waals surface area (Å²) in [6, 6.07) is 2.11. The summed E-state index contributed by atoms with van der Waals surface area (Å²) in [6.45, 7) is 5.94. The first-order valence-electron chi connectivity index (χ1n) is 6.30. The van der Waals surface area contributed by atoms with Crippen LogP contribution in [0.4, 0.5) is 0 Å². The number of thiophene rings is 1. The van der Waals surface area contributed by atoms with Crippen LogP contribution in [0.15, 0.2) is 16.4 Å². The third-order valence-corrected chi connectivity index (χ3v) is 3.71. The van der Waals surface area contributed by atoms with Crippen molar-refractivity contribution in [3.8, 4) is 0 Å². The lowest BCUT2D eigenvalue weighted by Crippen LogP contribution is -2.32. The van der Waals surface area contributed by atoms with Crippen LogP contribution in [0.25, 0.3) is 0 Å². The van der Waals surface area contributed by atoms with E-state index in [0.717, 1.165) is 6.54 Å². The van der Waals surface area contributed by atoms with Crippen molar-refractivity contribution in [2.45, 2.75) is 46.1 Å². The first-order valence-corrected chi connectivity index (χ1v) is 7.18. The molecule has 0 amide bonds. The second-order valence-corrected chi connectivity index (χ2v) is 5.22. The maximum absolute atomic E-state index is 5.80. The fourth-order valence-electron chi connectivity index (χ4n) is 1.55. The highest BCUT2D eigenvalue weighted by Gasteiger charge is 1.98. The molecule has 0 bridgehead atoms. The maximum Gasteiger partial charge on any atom is 0.188 e. The summed E-state index contributed by atoms with van der Waals surface area (Å²) >= 11 is 1.74.